The van der Waals surface area contributed by atoms with Gasteiger partial charge in [-0.25, -0.2) is 0 Å². The second kappa shape index (κ2) is 5.89. The number of rotatable bonds is 5. The summed E-state index contributed by atoms with van der Waals surface area (Å²) in [5, 5.41) is 0. The molecule has 2 rings (SSSR count). The molecule has 15 heavy (non-hydrogen) atoms. The average molecular weight is 208 g/mol. The highest BCUT2D eigenvalue weighted by Crippen LogP contribution is 2.31. The van der Waals surface area contributed by atoms with Gasteiger partial charge >= 0.3 is 0 Å². The monoisotopic (exact) mass is 208 g/mol. The molecular weight excluding hydrogens is 182 g/mol. The summed E-state index contributed by atoms with van der Waals surface area (Å²) in [4.78, 5) is 2.85. The molecule has 1 nitrogen and oxygen atoms in total. The smallest absolute Gasteiger partial charge is 0.00981 e. The lowest BCUT2D eigenvalue weighted by molar-refractivity contribution is 0.135. The van der Waals surface area contributed by atoms with E-state index in [4.69, 9.17) is 0 Å². The molecule has 2 fully saturated rings. The summed E-state index contributed by atoms with van der Waals surface area (Å²) in [6.07, 6.45) is 14.2. The molecule has 87 valence electrons. The van der Waals surface area contributed by atoms with Crippen molar-refractivity contribution in [3.05, 3.63) is 6.92 Å². The maximum Gasteiger partial charge on any atom is 0.00981 e. The largest absolute Gasteiger partial charge is 0.297 e. The molecule has 2 saturated carbocycles. The molecule has 0 unspecified atom stereocenters. The Kier molecular flexibility index (Phi) is 4.49. The highest BCUT2D eigenvalue weighted by Gasteiger charge is 2.29. The molecule has 1 heteroatoms. The lowest BCUT2D eigenvalue weighted by Crippen LogP contribution is -2.41. The highest BCUT2D eigenvalue weighted by molar-refractivity contribution is 4.85. The van der Waals surface area contributed by atoms with Crippen molar-refractivity contribution in [3.8, 4) is 0 Å². The third-order valence-corrected chi connectivity index (χ3v) is 4.25. The Hall–Kier alpha value is -0.0400. The first-order valence-electron chi connectivity index (χ1n) is 6.97. The molecule has 0 atom stereocenters. The minimum Gasteiger partial charge on any atom is -0.297 e. The van der Waals surface area contributed by atoms with E-state index in [2.05, 4.69) is 11.8 Å². The van der Waals surface area contributed by atoms with Crippen molar-refractivity contribution in [2.24, 2.45) is 0 Å². The van der Waals surface area contributed by atoms with E-state index in [1.54, 1.807) is 0 Å². The van der Waals surface area contributed by atoms with Gasteiger partial charge in [0.2, 0.25) is 0 Å². The van der Waals surface area contributed by atoms with Gasteiger partial charge in [-0.1, -0.05) is 39.0 Å². The molecule has 0 bridgehead atoms. The number of unbranched alkanes of at least 4 members (excludes halogenated alkanes) is 1. The van der Waals surface area contributed by atoms with Crippen molar-refractivity contribution in [2.45, 2.75) is 76.3 Å². The van der Waals surface area contributed by atoms with Crippen molar-refractivity contribution in [1.82, 2.24) is 4.90 Å². The van der Waals surface area contributed by atoms with Crippen LogP contribution in [0.15, 0.2) is 0 Å². The third kappa shape index (κ3) is 2.96. The van der Waals surface area contributed by atoms with E-state index in [0.717, 1.165) is 18.5 Å². The minimum absolute atomic E-state index is 0.930. The van der Waals surface area contributed by atoms with Crippen molar-refractivity contribution in [3.63, 3.8) is 0 Å². The van der Waals surface area contributed by atoms with Gasteiger partial charge in [-0.2, -0.15) is 0 Å². The summed E-state index contributed by atoms with van der Waals surface area (Å²) in [5.74, 6) is 0. The van der Waals surface area contributed by atoms with Gasteiger partial charge in [0.05, 0.1) is 0 Å². The molecule has 0 saturated heterocycles. The van der Waals surface area contributed by atoms with Crippen LogP contribution in [0.3, 0.4) is 0 Å². The fourth-order valence-corrected chi connectivity index (χ4v) is 3.43. The Labute approximate surface area is 95.2 Å². The molecule has 0 aromatic heterocycles. The van der Waals surface area contributed by atoms with E-state index in [1.165, 1.54) is 64.3 Å². The van der Waals surface area contributed by atoms with Crippen LogP contribution >= 0.6 is 0 Å². The van der Waals surface area contributed by atoms with Crippen LogP contribution in [0.25, 0.3) is 0 Å². The maximum absolute atomic E-state index is 3.98. The van der Waals surface area contributed by atoms with Crippen LogP contribution in [0, 0.1) is 6.92 Å². The molecule has 0 N–H and O–H groups in total. The molecular formula is C14H26N. The van der Waals surface area contributed by atoms with Gasteiger partial charge in [-0.3, -0.25) is 4.90 Å². The van der Waals surface area contributed by atoms with E-state index in [1.807, 2.05) is 0 Å². The topological polar surface area (TPSA) is 3.24 Å². The summed E-state index contributed by atoms with van der Waals surface area (Å²) >= 11 is 0. The van der Waals surface area contributed by atoms with E-state index in [-0.39, 0.29) is 0 Å². The highest BCUT2D eigenvalue weighted by atomic mass is 15.2. The molecule has 0 aliphatic heterocycles. The fourth-order valence-electron chi connectivity index (χ4n) is 3.43. The quantitative estimate of drug-likeness (QED) is 0.664. The van der Waals surface area contributed by atoms with Gasteiger partial charge in [0, 0.05) is 12.1 Å². The summed E-state index contributed by atoms with van der Waals surface area (Å²) < 4.78 is 0. The number of nitrogens with zero attached hydrogens (tertiary/aromatic N) is 1. The first kappa shape index (κ1) is 11.4. The fraction of sp³-hybridized carbons (Fsp3) is 0.929. The normalized spacial score (nSPS) is 24.4. The van der Waals surface area contributed by atoms with Crippen LogP contribution in [0.2, 0.25) is 0 Å². The van der Waals surface area contributed by atoms with Crippen LogP contribution in [-0.4, -0.2) is 23.5 Å². The van der Waals surface area contributed by atoms with E-state index >= 15 is 0 Å². The zero-order chi connectivity index (χ0) is 10.5. The first-order valence-corrected chi connectivity index (χ1v) is 6.97. The number of hydrogen-bond donors (Lipinski definition) is 0. The third-order valence-electron chi connectivity index (χ3n) is 4.25. The van der Waals surface area contributed by atoms with Gasteiger partial charge in [0.25, 0.3) is 0 Å². The predicted octanol–water partition coefficient (Wildman–Crippen LogP) is 3.79. The standard InChI is InChI=1S/C14H26N/c1-2-3-12-15(13-8-4-5-9-13)14-10-6-7-11-14/h13-14H,1-12H2. The molecule has 1 radical (unpaired) electrons. The van der Waals surface area contributed by atoms with Gasteiger partial charge in [0.1, 0.15) is 0 Å². The van der Waals surface area contributed by atoms with Gasteiger partial charge < -0.3 is 0 Å². The zero-order valence-corrected chi connectivity index (χ0v) is 10.1. The predicted molar refractivity (Wildman–Crippen MR) is 65.8 cm³/mol. The van der Waals surface area contributed by atoms with Crippen LogP contribution in [-0.2, 0) is 0 Å². The van der Waals surface area contributed by atoms with E-state index < -0.39 is 0 Å². The van der Waals surface area contributed by atoms with Crippen LogP contribution in [0.1, 0.15) is 64.2 Å². The van der Waals surface area contributed by atoms with E-state index in [0.29, 0.717) is 0 Å². The Bertz CT molecular complexity index is 150. The van der Waals surface area contributed by atoms with Crippen LogP contribution in [0.4, 0.5) is 0 Å². The lowest BCUT2D eigenvalue weighted by Gasteiger charge is -2.34. The maximum atomic E-state index is 3.98. The summed E-state index contributed by atoms with van der Waals surface area (Å²) in [7, 11) is 0. The van der Waals surface area contributed by atoms with Crippen LogP contribution in [0.5, 0.6) is 0 Å². The molecule has 2 aliphatic rings. The molecule has 0 spiro atoms. The van der Waals surface area contributed by atoms with Crippen molar-refractivity contribution < 1.29 is 0 Å². The van der Waals surface area contributed by atoms with Crippen molar-refractivity contribution in [1.29, 1.82) is 0 Å². The van der Waals surface area contributed by atoms with Gasteiger partial charge in [0.15, 0.2) is 0 Å². The summed E-state index contributed by atoms with van der Waals surface area (Å²) in [6, 6.07) is 1.86. The van der Waals surface area contributed by atoms with Crippen molar-refractivity contribution >= 4 is 0 Å². The second-order valence-corrected chi connectivity index (χ2v) is 5.32. The van der Waals surface area contributed by atoms with Gasteiger partial charge in [-0.05, 0) is 38.6 Å². The second-order valence-electron chi connectivity index (χ2n) is 5.32. The zero-order valence-electron chi connectivity index (χ0n) is 10.1. The Morgan fingerprint density at radius 3 is 1.73 bits per heavy atom. The summed E-state index contributed by atoms with van der Waals surface area (Å²) in [5.41, 5.74) is 0. The molecule has 2 aliphatic carbocycles. The van der Waals surface area contributed by atoms with Crippen LogP contribution < -0.4 is 0 Å². The molecule has 0 heterocycles. The van der Waals surface area contributed by atoms with E-state index in [9.17, 15) is 0 Å². The number of hydrogen-bond acceptors (Lipinski definition) is 1. The first-order chi connectivity index (χ1) is 7.42. The molecule has 0 aromatic rings. The SMILES string of the molecule is [CH2]CCCN(C1CCCC1)C1CCCC1. The average Bonchev–Trinajstić information content (AvgIpc) is 2.90. The Morgan fingerprint density at radius 1 is 0.867 bits per heavy atom. The Morgan fingerprint density at radius 2 is 1.33 bits per heavy atom. The molecule has 0 amide bonds. The summed E-state index contributed by atoms with van der Waals surface area (Å²) in [6.45, 7) is 5.30. The Balaban J connectivity index is 1.88. The lowest BCUT2D eigenvalue weighted by atomic mass is 10.1. The minimum atomic E-state index is 0.930. The van der Waals surface area contributed by atoms with Gasteiger partial charge in [-0.15, -0.1) is 0 Å². The van der Waals surface area contributed by atoms with Crippen molar-refractivity contribution in [2.75, 3.05) is 6.54 Å². The molecule has 0 aromatic carbocycles.